The van der Waals surface area contributed by atoms with Crippen LogP contribution in [0.3, 0.4) is 0 Å². The van der Waals surface area contributed by atoms with Crippen LogP contribution in [0.4, 0.5) is 5.69 Å². The van der Waals surface area contributed by atoms with Gasteiger partial charge in [-0.25, -0.2) is 9.59 Å². The van der Waals surface area contributed by atoms with Crippen LogP contribution in [0.25, 0.3) is 0 Å². The predicted octanol–water partition coefficient (Wildman–Crippen LogP) is 0.802. The molecule has 0 aromatic heterocycles. The van der Waals surface area contributed by atoms with E-state index in [1.165, 1.54) is 6.92 Å². The molecule has 1 aromatic carbocycles. The van der Waals surface area contributed by atoms with Gasteiger partial charge in [-0.15, -0.1) is 0 Å². The number of hydrogen-bond donors (Lipinski definition) is 1. The number of nitro groups is 1. The molecule has 1 atom stereocenters. The fraction of sp³-hybridized carbons (Fsp3) is 0.308. The number of hydrogen-bond acceptors (Lipinski definition) is 7. The molecule has 9 nitrogen and oxygen atoms in total. The summed E-state index contributed by atoms with van der Waals surface area (Å²) in [7, 11) is 0. The summed E-state index contributed by atoms with van der Waals surface area (Å²) in [6, 6.07) is 2.99. The number of nitrogens with two attached hydrogens (primary N) is 1. The lowest BCUT2D eigenvalue weighted by molar-refractivity contribution is -0.384. The lowest BCUT2D eigenvalue weighted by atomic mass is 10.1. The average Bonchev–Trinajstić information content (AvgIpc) is 2.46. The average molecular weight is 310 g/mol. The Morgan fingerprint density at radius 2 is 1.77 bits per heavy atom. The molecule has 0 saturated carbocycles. The van der Waals surface area contributed by atoms with Crippen LogP contribution in [0, 0.1) is 10.1 Å². The van der Waals surface area contributed by atoms with Gasteiger partial charge < -0.3 is 15.2 Å². The Balaban J connectivity index is 3.18. The van der Waals surface area contributed by atoms with Crippen molar-refractivity contribution in [1.29, 1.82) is 0 Å². The van der Waals surface area contributed by atoms with E-state index in [0.717, 1.165) is 18.2 Å². The van der Waals surface area contributed by atoms with Crippen molar-refractivity contribution in [3.8, 4) is 0 Å². The first-order chi connectivity index (χ1) is 10.3. The highest BCUT2D eigenvalue weighted by Crippen LogP contribution is 2.19. The fourth-order valence-corrected chi connectivity index (χ4v) is 1.45. The highest BCUT2D eigenvalue weighted by atomic mass is 16.6. The molecule has 1 aromatic rings. The van der Waals surface area contributed by atoms with E-state index in [2.05, 4.69) is 0 Å². The lowest BCUT2D eigenvalue weighted by Crippen LogP contribution is -2.30. The van der Waals surface area contributed by atoms with Gasteiger partial charge in [0.05, 0.1) is 22.7 Å². The van der Waals surface area contributed by atoms with Gasteiger partial charge in [-0.05, 0) is 19.9 Å². The van der Waals surface area contributed by atoms with Crippen molar-refractivity contribution >= 4 is 23.5 Å². The van der Waals surface area contributed by atoms with Gasteiger partial charge in [0.25, 0.3) is 11.6 Å². The molecule has 22 heavy (non-hydrogen) atoms. The van der Waals surface area contributed by atoms with Crippen LogP contribution in [-0.2, 0) is 14.3 Å². The van der Waals surface area contributed by atoms with Gasteiger partial charge in [-0.1, -0.05) is 0 Å². The first-order valence-electron chi connectivity index (χ1n) is 6.23. The number of esters is 2. The van der Waals surface area contributed by atoms with E-state index in [9.17, 15) is 24.5 Å². The summed E-state index contributed by atoms with van der Waals surface area (Å²) in [5, 5.41) is 10.9. The number of nitrogens with zero attached hydrogens (tertiary/aromatic N) is 1. The normalized spacial score (nSPS) is 11.4. The minimum absolute atomic E-state index is 0.0695. The summed E-state index contributed by atoms with van der Waals surface area (Å²) < 4.78 is 9.47. The van der Waals surface area contributed by atoms with Gasteiger partial charge in [-0.2, -0.15) is 0 Å². The molecule has 1 unspecified atom stereocenters. The van der Waals surface area contributed by atoms with Crippen molar-refractivity contribution in [1.82, 2.24) is 0 Å². The summed E-state index contributed by atoms with van der Waals surface area (Å²) in [5.41, 5.74) is 4.05. The molecule has 0 bridgehead atoms. The number of ether oxygens (including phenoxy) is 2. The van der Waals surface area contributed by atoms with Crippen LogP contribution in [-0.4, -0.2) is 35.5 Å². The van der Waals surface area contributed by atoms with E-state index < -0.39 is 34.6 Å². The van der Waals surface area contributed by atoms with E-state index in [0.29, 0.717) is 0 Å². The van der Waals surface area contributed by atoms with Gasteiger partial charge in [0.2, 0.25) is 0 Å². The Labute approximate surface area is 125 Å². The van der Waals surface area contributed by atoms with Gasteiger partial charge >= 0.3 is 11.9 Å². The number of benzene rings is 1. The molecule has 0 radical (unpaired) electrons. The third-order valence-corrected chi connectivity index (χ3v) is 2.56. The molecule has 9 heteroatoms. The molecule has 118 valence electrons. The van der Waals surface area contributed by atoms with E-state index >= 15 is 0 Å². The SMILES string of the molecule is CCOC(=O)c1cc(C(=O)OC(C)C(N)=O)cc([N+](=O)[O-])c1. The minimum Gasteiger partial charge on any atom is -0.462 e. The number of rotatable bonds is 6. The largest absolute Gasteiger partial charge is 0.462 e. The van der Waals surface area contributed by atoms with E-state index in [-0.39, 0.29) is 17.7 Å². The van der Waals surface area contributed by atoms with E-state index in [4.69, 9.17) is 15.2 Å². The number of primary amides is 1. The second-order valence-electron chi connectivity index (χ2n) is 4.20. The van der Waals surface area contributed by atoms with E-state index in [1.807, 2.05) is 0 Å². The molecule has 0 saturated heterocycles. The highest BCUT2D eigenvalue weighted by molar-refractivity contribution is 5.97. The highest BCUT2D eigenvalue weighted by Gasteiger charge is 2.22. The van der Waals surface area contributed by atoms with Crippen molar-refractivity contribution in [2.24, 2.45) is 5.73 Å². The molecule has 0 aliphatic rings. The predicted molar refractivity (Wildman–Crippen MR) is 73.1 cm³/mol. The summed E-state index contributed by atoms with van der Waals surface area (Å²) >= 11 is 0. The second kappa shape index (κ2) is 7.16. The molecular formula is C13H14N2O7. The smallest absolute Gasteiger partial charge is 0.339 e. The Kier molecular flexibility index (Phi) is 5.56. The maximum absolute atomic E-state index is 11.9. The maximum atomic E-state index is 11.9. The molecule has 0 heterocycles. The first-order valence-corrected chi connectivity index (χ1v) is 6.23. The zero-order valence-electron chi connectivity index (χ0n) is 11.9. The van der Waals surface area contributed by atoms with Crippen LogP contribution in [0.1, 0.15) is 34.6 Å². The van der Waals surface area contributed by atoms with Crippen LogP contribution < -0.4 is 5.73 Å². The van der Waals surface area contributed by atoms with Crippen LogP contribution in [0.2, 0.25) is 0 Å². The summed E-state index contributed by atoms with van der Waals surface area (Å²) in [4.78, 5) is 44.5. The van der Waals surface area contributed by atoms with Crippen molar-refractivity contribution in [2.75, 3.05) is 6.61 Å². The molecule has 1 rings (SSSR count). The van der Waals surface area contributed by atoms with Gasteiger partial charge in [-0.3, -0.25) is 14.9 Å². The summed E-state index contributed by atoms with van der Waals surface area (Å²) in [6.07, 6.45) is -1.21. The summed E-state index contributed by atoms with van der Waals surface area (Å²) in [5.74, 6) is -2.70. The van der Waals surface area contributed by atoms with Gasteiger partial charge in [0.15, 0.2) is 6.10 Å². The van der Waals surface area contributed by atoms with Crippen molar-refractivity contribution in [3.63, 3.8) is 0 Å². The Bertz CT molecular complexity index is 627. The first kappa shape index (κ1) is 17.1. The van der Waals surface area contributed by atoms with Crippen LogP contribution in [0.15, 0.2) is 18.2 Å². The summed E-state index contributed by atoms with van der Waals surface area (Å²) in [6.45, 7) is 2.89. The fourth-order valence-electron chi connectivity index (χ4n) is 1.45. The monoisotopic (exact) mass is 310 g/mol. The molecule has 1 amide bonds. The Morgan fingerprint density at radius 1 is 1.23 bits per heavy atom. The van der Waals surface area contributed by atoms with Gasteiger partial charge in [0, 0.05) is 12.1 Å². The number of non-ortho nitro benzene ring substituents is 1. The minimum atomic E-state index is -1.21. The Hall–Kier alpha value is -2.97. The van der Waals surface area contributed by atoms with E-state index in [1.54, 1.807) is 6.92 Å². The zero-order valence-corrected chi connectivity index (χ0v) is 11.9. The topological polar surface area (TPSA) is 139 Å². The lowest BCUT2D eigenvalue weighted by Gasteiger charge is -2.10. The van der Waals surface area contributed by atoms with Crippen LogP contribution >= 0.6 is 0 Å². The number of amides is 1. The molecule has 0 spiro atoms. The molecule has 2 N–H and O–H groups in total. The second-order valence-corrected chi connectivity index (χ2v) is 4.20. The number of carbonyl (C=O) groups is 3. The Morgan fingerprint density at radius 3 is 2.23 bits per heavy atom. The zero-order chi connectivity index (χ0) is 16.9. The van der Waals surface area contributed by atoms with Gasteiger partial charge in [0.1, 0.15) is 0 Å². The maximum Gasteiger partial charge on any atom is 0.339 e. The number of carbonyl (C=O) groups excluding carboxylic acids is 3. The van der Waals surface area contributed by atoms with Crippen molar-refractivity contribution < 1.29 is 28.8 Å². The number of nitro benzene ring substituents is 1. The molecule has 0 aliphatic carbocycles. The van der Waals surface area contributed by atoms with Crippen molar-refractivity contribution in [2.45, 2.75) is 20.0 Å². The molecule has 0 aliphatic heterocycles. The quantitative estimate of drug-likeness (QED) is 0.465. The third kappa shape index (κ3) is 4.27. The third-order valence-electron chi connectivity index (χ3n) is 2.56. The van der Waals surface area contributed by atoms with Crippen LogP contribution in [0.5, 0.6) is 0 Å². The molecule has 0 fully saturated rings. The molecular weight excluding hydrogens is 296 g/mol. The standard InChI is InChI=1S/C13H14N2O7/c1-3-21-12(17)8-4-9(6-10(5-8)15(19)20)13(18)22-7(2)11(14)16/h4-7H,3H2,1-2H3,(H2,14,16). The van der Waals surface area contributed by atoms with Crippen molar-refractivity contribution in [3.05, 3.63) is 39.4 Å².